The van der Waals surface area contributed by atoms with Crippen molar-refractivity contribution in [1.82, 2.24) is 0 Å². The molecule has 0 heterocycles. The molecule has 0 saturated carbocycles. The van der Waals surface area contributed by atoms with E-state index in [1.165, 1.54) is 0 Å². The standard InChI is InChI=1S/C10H17NO/c1-3-4-5-6-7-8-9-10(2)11-12/h3-5,12H,1,6-9H2,2H3. The van der Waals surface area contributed by atoms with E-state index in [2.05, 4.69) is 17.8 Å². The molecule has 0 aromatic rings. The summed E-state index contributed by atoms with van der Waals surface area (Å²) < 4.78 is 0. The number of oxime groups is 1. The summed E-state index contributed by atoms with van der Waals surface area (Å²) in [4.78, 5) is 0. The van der Waals surface area contributed by atoms with E-state index < -0.39 is 0 Å². The third-order valence-corrected chi connectivity index (χ3v) is 1.60. The van der Waals surface area contributed by atoms with Crippen molar-refractivity contribution in [3.8, 4) is 0 Å². The maximum absolute atomic E-state index is 8.34. The fraction of sp³-hybridized carbons (Fsp3) is 0.500. The molecule has 0 amide bonds. The molecule has 0 aliphatic carbocycles. The van der Waals surface area contributed by atoms with Gasteiger partial charge >= 0.3 is 0 Å². The van der Waals surface area contributed by atoms with Crippen LogP contribution >= 0.6 is 0 Å². The third kappa shape index (κ3) is 7.06. The summed E-state index contributed by atoms with van der Waals surface area (Å²) in [7, 11) is 0. The highest BCUT2D eigenvalue weighted by Crippen LogP contribution is 2.01. The van der Waals surface area contributed by atoms with Gasteiger partial charge in [-0.15, -0.1) is 0 Å². The number of hydrogen-bond acceptors (Lipinski definition) is 2. The van der Waals surface area contributed by atoms with Gasteiger partial charge in [0.1, 0.15) is 0 Å². The van der Waals surface area contributed by atoms with Gasteiger partial charge in [-0.25, -0.2) is 0 Å². The lowest BCUT2D eigenvalue weighted by molar-refractivity contribution is 0.317. The molecule has 0 atom stereocenters. The summed E-state index contributed by atoms with van der Waals surface area (Å²) in [6, 6.07) is 0. The topological polar surface area (TPSA) is 32.6 Å². The third-order valence-electron chi connectivity index (χ3n) is 1.60. The van der Waals surface area contributed by atoms with Crippen LogP contribution in [0.5, 0.6) is 0 Å². The van der Waals surface area contributed by atoms with E-state index >= 15 is 0 Å². The summed E-state index contributed by atoms with van der Waals surface area (Å²) >= 11 is 0. The Kier molecular flexibility index (Phi) is 7.35. The Balaban J connectivity index is 3.21. The minimum atomic E-state index is 0.808. The van der Waals surface area contributed by atoms with Crippen LogP contribution in [0.15, 0.2) is 30.0 Å². The minimum Gasteiger partial charge on any atom is -0.411 e. The first-order valence-electron chi connectivity index (χ1n) is 4.26. The average molecular weight is 167 g/mol. The van der Waals surface area contributed by atoms with Gasteiger partial charge in [-0.3, -0.25) is 0 Å². The second-order valence-electron chi connectivity index (χ2n) is 2.74. The SMILES string of the molecule is C=CC=CCCCCC(C)=NO. The molecule has 0 aromatic heterocycles. The largest absolute Gasteiger partial charge is 0.411 e. The van der Waals surface area contributed by atoms with Crippen LogP contribution in [0.2, 0.25) is 0 Å². The lowest BCUT2D eigenvalue weighted by Crippen LogP contribution is -1.90. The highest BCUT2D eigenvalue weighted by Gasteiger charge is 1.90. The van der Waals surface area contributed by atoms with Crippen molar-refractivity contribution >= 4 is 5.71 Å². The zero-order valence-electron chi connectivity index (χ0n) is 7.66. The zero-order chi connectivity index (χ0) is 9.23. The van der Waals surface area contributed by atoms with Crippen molar-refractivity contribution in [2.24, 2.45) is 5.16 Å². The van der Waals surface area contributed by atoms with Crippen LogP contribution in [0.3, 0.4) is 0 Å². The molecule has 12 heavy (non-hydrogen) atoms. The second-order valence-corrected chi connectivity index (χ2v) is 2.74. The molecule has 0 aliphatic heterocycles. The molecule has 0 spiro atoms. The van der Waals surface area contributed by atoms with Crippen molar-refractivity contribution in [3.63, 3.8) is 0 Å². The number of rotatable bonds is 6. The first kappa shape index (κ1) is 11.0. The van der Waals surface area contributed by atoms with Crippen LogP contribution in [0, 0.1) is 0 Å². The molecule has 68 valence electrons. The molecule has 2 nitrogen and oxygen atoms in total. The molecule has 0 saturated heterocycles. The Bertz CT molecular complexity index is 171. The van der Waals surface area contributed by atoms with E-state index in [1.807, 2.05) is 13.0 Å². The lowest BCUT2D eigenvalue weighted by atomic mass is 10.1. The van der Waals surface area contributed by atoms with Crippen LogP contribution in [0.25, 0.3) is 0 Å². The predicted molar refractivity (Wildman–Crippen MR) is 52.7 cm³/mol. The normalized spacial score (nSPS) is 12.2. The molecule has 0 rings (SSSR count). The smallest absolute Gasteiger partial charge is 0.0540 e. The summed E-state index contributed by atoms with van der Waals surface area (Å²) in [5, 5.41) is 11.4. The summed E-state index contributed by atoms with van der Waals surface area (Å²) in [5.41, 5.74) is 0.808. The van der Waals surface area contributed by atoms with Crippen LogP contribution in [0.4, 0.5) is 0 Å². The van der Waals surface area contributed by atoms with E-state index in [9.17, 15) is 0 Å². The van der Waals surface area contributed by atoms with Gasteiger partial charge in [0.05, 0.1) is 5.71 Å². The first-order chi connectivity index (χ1) is 5.81. The molecule has 0 aromatic carbocycles. The van der Waals surface area contributed by atoms with Crippen LogP contribution < -0.4 is 0 Å². The molecular formula is C10H17NO. The fourth-order valence-corrected chi connectivity index (χ4v) is 0.885. The van der Waals surface area contributed by atoms with Crippen molar-refractivity contribution in [2.45, 2.75) is 32.6 Å². The number of unbranched alkanes of at least 4 members (excludes halogenated alkanes) is 2. The van der Waals surface area contributed by atoms with Crippen molar-refractivity contribution < 1.29 is 5.21 Å². The Morgan fingerprint density at radius 3 is 2.83 bits per heavy atom. The van der Waals surface area contributed by atoms with E-state index in [-0.39, 0.29) is 0 Å². The van der Waals surface area contributed by atoms with E-state index in [0.717, 1.165) is 31.4 Å². The molecular weight excluding hydrogens is 150 g/mol. The van der Waals surface area contributed by atoms with Crippen molar-refractivity contribution in [2.75, 3.05) is 0 Å². The monoisotopic (exact) mass is 167 g/mol. The molecule has 0 aliphatic rings. The maximum Gasteiger partial charge on any atom is 0.0540 e. The summed E-state index contributed by atoms with van der Waals surface area (Å²) in [5.74, 6) is 0. The first-order valence-corrected chi connectivity index (χ1v) is 4.26. The Morgan fingerprint density at radius 1 is 1.50 bits per heavy atom. The molecule has 0 bridgehead atoms. The van der Waals surface area contributed by atoms with Gasteiger partial charge in [0.15, 0.2) is 0 Å². The molecule has 0 radical (unpaired) electrons. The van der Waals surface area contributed by atoms with Crippen LogP contribution in [-0.4, -0.2) is 10.9 Å². The number of allylic oxidation sites excluding steroid dienone is 3. The molecule has 0 unspecified atom stereocenters. The lowest BCUT2D eigenvalue weighted by Gasteiger charge is -1.95. The Labute approximate surface area is 74.3 Å². The van der Waals surface area contributed by atoms with E-state index in [4.69, 9.17) is 5.21 Å². The number of nitrogens with zero attached hydrogens (tertiary/aromatic N) is 1. The van der Waals surface area contributed by atoms with Gasteiger partial charge in [0.25, 0.3) is 0 Å². The Hall–Kier alpha value is -1.05. The summed E-state index contributed by atoms with van der Waals surface area (Å²) in [6.07, 6.45) is 10.0. The zero-order valence-corrected chi connectivity index (χ0v) is 7.66. The van der Waals surface area contributed by atoms with Gasteiger partial charge in [0.2, 0.25) is 0 Å². The highest BCUT2D eigenvalue weighted by molar-refractivity contribution is 5.81. The average Bonchev–Trinajstić information content (AvgIpc) is 2.10. The fourth-order valence-electron chi connectivity index (χ4n) is 0.885. The quantitative estimate of drug-likeness (QED) is 0.213. The van der Waals surface area contributed by atoms with Gasteiger partial charge in [-0.2, -0.15) is 0 Å². The second kappa shape index (κ2) is 8.05. The van der Waals surface area contributed by atoms with Gasteiger partial charge in [-0.05, 0) is 32.6 Å². The highest BCUT2D eigenvalue weighted by atomic mass is 16.4. The molecule has 0 fully saturated rings. The van der Waals surface area contributed by atoms with Gasteiger partial charge < -0.3 is 5.21 Å². The Morgan fingerprint density at radius 2 is 2.25 bits per heavy atom. The minimum absolute atomic E-state index is 0.808. The molecule has 2 heteroatoms. The maximum atomic E-state index is 8.34. The van der Waals surface area contributed by atoms with Gasteiger partial charge in [0, 0.05) is 0 Å². The van der Waals surface area contributed by atoms with Crippen molar-refractivity contribution in [1.29, 1.82) is 0 Å². The molecule has 1 N–H and O–H groups in total. The van der Waals surface area contributed by atoms with Crippen LogP contribution in [0.1, 0.15) is 32.6 Å². The number of hydrogen-bond donors (Lipinski definition) is 1. The van der Waals surface area contributed by atoms with Crippen LogP contribution in [-0.2, 0) is 0 Å². The van der Waals surface area contributed by atoms with Gasteiger partial charge in [-0.1, -0.05) is 30.0 Å². The van der Waals surface area contributed by atoms with E-state index in [0.29, 0.717) is 0 Å². The summed E-state index contributed by atoms with van der Waals surface area (Å²) in [6.45, 7) is 5.41. The predicted octanol–water partition coefficient (Wildman–Crippen LogP) is 3.14. The van der Waals surface area contributed by atoms with E-state index in [1.54, 1.807) is 6.08 Å². The van der Waals surface area contributed by atoms with Crippen molar-refractivity contribution in [3.05, 3.63) is 24.8 Å².